The molecular formula is C20H24N4O3. The monoisotopic (exact) mass is 368 g/mol. The topological polar surface area (TPSA) is 80.5 Å². The number of benzene rings is 1. The number of carboxylic acid groups (broad SMARTS) is 1. The van der Waals surface area contributed by atoms with E-state index in [0.29, 0.717) is 12.3 Å². The lowest BCUT2D eigenvalue weighted by Crippen LogP contribution is -2.15. The zero-order valence-corrected chi connectivity index (χ0v) is 15.6. The number of pyridine rings is 1. The van der Waals surface area contributed by atoms with Crippen LogP contribution in [0.15, 0.2) is 42.6 Å². The van der Waals surface area contributed by atoms with Gasteiger partial charge in [0.25, 0.3) is 0 Å². The molecular weight excluding hydrogens is 344 g/mol. The summed E-state index contributed by atoms with van der Waals surface area (Å²) in [7, 11) is 4.09. The molecule has 0 atom stereocenters. The van der Waals surface area contributed by atoms with Gasteiger partial charge in [-0.15, -0.1) is 0 Å². The van der Waals surface area contributed by atoms with E-state index >= 15 is 0 Å². The molecule has 142 valence electrons. The second-order valence-electron chi connectivity index (χ2n) is 6.62. The molecule has 0 amide bonds. The Morgan fingerprint density at radius 1 is 1.22 bits per heavy atom. The predicted octanol–water partition coefficient (Wildman–Crippen LogP) is 2.90. The van der Waals surface area contributed by atoms with E-state index in [2.05, 4.69) is 15.0 Å². The highest BCUT2D eigenvalue weighted by molar-refractivity contribution is 5.91. The lowest BCUT2D eigenvalue weighted by atomic mass is 10.1. The Balaban J connectivity index is 1.77. The van der Waals surface area contributed by atoms with Crippen molar-refractivity contribution in [2.45, 2.75) is 19.4 Å². The maximum atomic E-state index is 10.9. The molecule has 3 aromatic rings. The van der Waals surface area contributed by atoms with Crippen molar-refractivity contribution in [3.63, 3.8) is 0 Å². The number of nitrogens with zero attached hydrogens (tertiary/aromatic N) is 4. The number of fused-ring (bicyclic) bond motifs is 1. The lowest BCUT2D eigenvalue weighted by molar-refractivity contribution is -0.137. The first-order valence-electron chi connectivity index (χ1n) is 8.96. The summed E-state index contributed by atoms with van der Waals surface area (Å²) in [5.41, 5.74) is 2.43. The largest absolute Gasteiger partial charge is 0.494 e. The van der Waals surface area contributed by atoms with Crippen LogP contribution in [0, 0.1) is 0 Å². The van der Waals surface area contributed by atoms with Crippen molar-refractivity contribution >= 4 is 17.0 Å². The maximum Gasteiger partial charge on any atom is 0.305 e. The summed E-state index contributed by atoms with van der Waals surface area (Å²) >= 11 is 0. The first kappa shape index (κ1) is 18.8. The molecule has 0 saturated carbocycles. The second kappa shape index (κ2) is 8.64. The summed E-state index contributed by atoms with van der Waals surface area (Å²) in [6.07, 6.45) is 2.67. The van der Waals surface area contributed by atoms with Crippen molar-refractivity contribution in [3.8, 4) is 17.0 Å². The van der Waals surface area contributed by atoms with Crippen LogP contribution in [-0.4, -0.2) is 58.0 Å². The van der Waals surface area contributed by atoms with Crippen molar-refractivity contribution in [2.75, 3.05) is 27.2 Å². The van der Waals surface area contributed by atoms with Gasteiger partial charge in [0.15, 0.2) is 5.65 Å². The van der Waals surface area contributed by atoms with Crippen LogP contribution < -0.4 is 4.74 Å². The summed E-state index contributed by atoms with van der Waals surface area (Å²) in [6.45, 7) is 1.95. The quantitative estimate of drug-likeness (QED) is 0.585. The van der Waals surface area contributed by atoms with E-state index in [1.54, 1.807) is 10.9 Å². The maximum absolute atomic E-state index is 10.9. The zero-order chi connectivity index (χ0) is 19.2. The number of hydrogen-bond acceptors (Lipinski definition) is 5. The van der Waals surface area contributed by atoms with E-state index < -0.39 is 5.97 Å². The third-order valence-corrected chi connectivity index (χ3v) is 4.19. The first-order chi connectivity index (χ1) is 13.0. The molecule has 27 heavy (non-hydrogen) atoms. The fourth-order valence-electron chi connectivity index (χ4n) is 2.86. The van der Waals surface area contributed by atoms with Crippen molar-refractivity contribution in [1.82, 2.24) is 19.7 Å². The molecule has 0 fully saturated rings. The van der Waals surface area contributed by atoms with Gasteiger partial charge in [0.1, 0.15) is 11.4 Å². The van der Waals surface area contributed by atoms with E-state index in [4.69, 9.17) is 9.84 Å². The third kappa shape index (κ3) is 4.83. The highest BCUT2D eigenvalue weighted by atomic mass is 16.5. The number of aromatic nitrogens is 3. The molecule has 7 heteroatoms. The molecule has 0 unspecified atom stereocenters. The molecule has 0 spiro atoms. The Morgan fingerprint density at radius 3 is 2.70 bits per heavy atom. The molecule has 2 aromatic heterocycles. The normalized spacial score (nSPS) is 11.2. The minimum absolute atomic E-state index is 0.00647. The van der Waals surface area contributed by atoms with Gasteiger partial charge in [-0.05, 0) is 56.9 Å². The molecule has 0 saturated heterocycles. The number of carboxylic acids is 1. The van der Waals surface area contributed by atoms with Crippen LogP contribution in [0.1, 0.15) is 12.8 Å². The Hall–Kier alpha value is -2.93. The second-order valence-corrected chi connectivity index (χ2v) is 6.62. The summed E-state index contributed by atoms with van der Waals surface area (Å²) < 4.78 is 7.43. The Bertz CT molecular complexity index is 903. The van der Waals surface area contributed by atoms with Gasteiger partial charge in [0, 0.05) is 23.7 Å². The van der Waals surface area contributed by atoms with E-state index in [1.165, 1.54) is 0 Å². The Kier molecular flexibility index (Phi) is 6.03. The van der Waals surface area contributed by atoms with Gasteiger partial charge in [-0.25, -0.2) is 9.67 Å². The molecule has 0 aliphatic heterocycles. The van der Waals surface area contributed by atoms with Gasteiger partial charge >= 0.3 is 5.97 Å². The molecule has 0 aliphatic carbocycles. The number of aryl methyl sites for hydroxylation is 1. The van der Waals surface area contributed by atoms with Crippen LogP contribution in [0.25, 0.3) is 22.3 Å². The lowest BCUT2D eigenvalue weighted by Gasteiger charge is -2.10. The fourth-order valence-corrected chi connectivity index (χ4v) is 2.86. The van der Waals surface area contributed by atoms with Gasteiger partial charge in [0.05, 0.1) is 19.6 Å². The van der Waals surface area contributed by atoms with Gasteiger partial charge in [-0.1, -0.05) is 0 Å². The van der Waals surface area contributed by atoms with Crippen LogP contribution >= 0.6 is 0 Å². The smallest absolute Gasteiger partial charge is 0.305 e. The minimum atomic E-state index is -0.855. The third-order valence-electron chi connectivity index (χ3n) is 4.19. The van der Waals surface area contributed by atoms with Crippen molar-refractivity contribution in [1.29, 1.82) is 0 Å². The Labute approximate surface area is 158 Å². The summed E-state index contributed by atoms with van der Waals surface area (Å²) in [4.78, 5) is 17.4. The molecule has 1 N–H and O–H groups in total. The van der Waals surface area contributed by atoms with Gasteiger partial charge in [-0.2, -0.15) is 5.10 Å². The highest BCUT2D eigenvalue weighted by Gasteiger charge is 2.14. The van der Waals surface area contributed by atoms with Gasteiger partial charge < -0.3 is 14.7 Å². The van der Waals surface area contributed by atoms with Crippen LogP contribution in [0.3, 0.4) is 0 Å². The fraction of sp³-hybridized carbons (Fsp3) is 0.350. The van der Waals surface area contributed by atoms with E-state index in [-0.39, 0.29) is 13.0 Å². The molecule has 2 heterocycles. The van der Waals surface area contributed by atoms with Crippen LogP contribution in [-0.2, 0) is 11.3 Å². The summed E-state index contributed by atoms with van der Waals surface area (Å²) in [6, 6.07) is 11.6. The van der Waals surface area contributed by atoms with Gasteiger partial charge in [0.2, 0.25) is 0 Å². The SMILES string of the molecule is CN(C)CCCOc1ccc(-c2nn(CCC(=O)O)c3ncccc23)cc1. The van der Waals surface area contributed by atoms with E-state index in [0.717, 1.165) is 35.4 Å². The highest BCUT2D eigenvalue weighted by Crippen LogP contribution is 2.28. The van der Waals surface area contributed by atoms with Crippen LogP contribution in [0.2, 0.25) is 0 Å². The Morgan fingerprint density at radius 2 is 2.00 bits per heavy atom. The van der Waals surface area contributed by atoms with Crippen LogP contribution in [0.4, 0.5) is 0 Å². The average molecular weight is 368 g/mol. The van der Waals surface area contributed by atoms with Crippen molar-refractivity contribution in [2.24, 2.45) is 0 Å². The molecule has 0 radical (unpaired) electrons. The van der Waals surface area contributed by atoms with Crippen LogP contribution in [0.5, 0.6) is 5.75 Å². The summed E-state index contributed by atoms with van der Waals surface area (Å²) in [5, 5.41) is 14.4. The molecule has 7 nitrogen and oxygen atoms in total. The standard InChI is InChI=1S/C20H24N4O3/c1-23(2)12-4-14-27-16-8-6-15(7-9-16)19-17-5-3-11-21-20(17)24(22-19)13-10-18(25)26/h3,5-9,11H,4,10,12-14H2,1-2H3,(H,25,26). The number of rotatable bonds is 9. The molecule has 3 rings (SSSR count). The zero-order valence-electron chi connectivity index (χ0n) is 15.6. The van der Waals surface area contributed by atoms with E-state index in [1.807, 2.05) is 50.5 Å². The molecule has 1 aromatic carbocycles. The van der Waals surface area contributed by atoms with Gasteiger partial charge in [-0.3, -0.25) is 4.79 Å². The molecule has 0 aliphatic rings. The van der Waals surface area contributed by atoms with Crippen molar-refractivity contribution < 1.29 is 14.6 Å². The number of carbonyl (C=O) groups is 1. The average Bonchev–Trinajstić information content (AvgIpc) is 3.03. The first-order valence-corrected chi connectivity index (χ1v) is 8.96. The molecule has 0 bridgehead atoms. The number of hydrogen-bond donors (Lipinski definition) is 1. The minimum Gasteiger partial charge on any atom is -0.494 e. The van der Waals surface area contributed by atoms with Crippen molar-refractivity contribution in [3.05, 3.63) is 42.6 Å². The predicted molar refractivity (Wildman–Crippen MR) is 104 cm³/mol. The number of ether oxygens (including phenoxy) is 1. The summed E-state index contributed by atoms with van der Waals surface area (Å²) in [5.74, 6) is -0.0304. The van der Waals surface area contributed by atoms with E-state index in [9.17, 15) is 4.79 Å². The number of aliphatic carboxylic acids is 1.